The van der Waals surface area contributed by atoms with Crippen molar-refractivity contribution in [2.45, 2.75) is 71.1 Å². The molecule has 0 unspecified atom stereocenters. The zero-order chi connectivity index (χ0) is 21.2. The number of hydrogen-bond donors (Lipinski definition) is 1. The molecule has 0 fully saturated rings. The van der Waals surface area contributed by atoms with E-state index in [1.807, 2.05) is 0 Å². The van der Waals surface area contributed by atoms with Gasteiger partial charge in [-0.2, -0.15) is 0 Å². The minimum atomic E-state index is -0.659. The number of carboxylic acid groups (broad SMARTS) is 1. The first-order chi connectivity index (χ1) is 14.7. The Labute approximate surface area is 180 Å². The molecule has 0 bridgehead atoms. The zero-order valence-corrected chi connectivity index (χ0v) is 18.2. The Morgan fingerprint density at radius 2 is 0.967 bits per heavy atom. The molecule has 158 valence electrons. The van der Waals surface area contributed by atoms with Gasteiger partial charge in [0.15, 0.2) is 0 Å². The van der Waals surface area contributed by atoms with Crippen LogP contribution in [0.5, 0.6) is 0 Å². The molecule has 30 heavy (non-hydrogen) atoms. The second-order valence-electron chi connectivity index (χ2n) is 8.26. The summed E-state index contributed by atoms with van der Waals surface area (Å²) in [7, 11) is 0. The van der Waals surface area contributed by atoms with E-state index >= 15 is 0 Å². The number of rotatable bonds is 10. The number of aliphatic carboxylic acids is 1. The van der Waals surface area contributed by atoms with Crippen LogP contribution in [0.3, 0.4) is 0 Å². The first kappa shape index (κ1) is 22.1. The van der Waals surface area contributed by atoms with Crippen molar-refractivity contribution in [3.8, 4) is 0 Å². The van der Waals surface area contributed by atoms with Crippen molar-refractivity contribution in [1.82, 2.24) is 0 Å². The average Bonchev–Trinajstić information content (AvgIpc) is 2.77. The van der Waals surface area contributed by atoms with E-state index in [1.54, 1.807) is 0 Å². The van der Waals surface area contributed by atoms with E-state index in [0.29, 0.717) is 6.42 Å². The zero-order valence-electron chi connectivity index (χ0n) is 18.2. The number of hydrogen-bond acceptors (Lipinski definition) is 1. The molecular formula is C28H34O2. The molecule has 4 aromatic carbocycles. The molecular weight excluding hydrogens is 368 g/mol. The van der Waals surface area contributed by atoms with Gasteiger partial charge in [-0.1, -0.05) is 119 Å². The predicted molar refractivity (Wildman–Crippen MR) is 130 cm³/mol. The molecule has 0 atom stereocenters. The van der Waals surface area contributed by atoms with Crippen molar-refractivity contribution >= 4 is 38.3 Å². The fraction of sp³-hybridized carbons (Fsp3) is 0.393. The van der Waals surface area contributed by atoms with Gasteiger partial charge >= 0.3 is 5.97 Å². The van der Waals surface area contributed by atoms with Crippen LogP contribution < -0.4 is 0 Å². The van der Waals surface area contributed by atoms with Gasteiger partial charge in [0.2, 0.25) is 0 Å². The van der Waals surface area contributed by atoms with E-state index in [4.69, 9.17) is 5.11 Å². The number of benzene rings is 4. The van der Waals surface area contributed by atoms with Crippen LogP contribution in [0.2, 0.25) is 0 Å². The smallest absolute Gasteiger partial charge is 0.303 e. The Kier molecular flexibility index (Phi) is 8.50. The van der Waals surface area contributed by atoms with Crippen LogP contribution in [0, 0.1) is 0 Å². The molecule has 0 aromatic heterocycles. The average molecular weight is 403 g/mol. The maximum Gasteiger partial charge on any atom is 0.303 e. The molecule has 0 radical (unpaired) electrons. The molecule has 0 saturated carbocycles. The quantitative estimate of drug-likeness (QED) is 0.213. The van der Waals surface area contributed by atoms with Gasteiger partial charge in [0.25, 0.3) is 0 Å². The maximum atomic E-state index is 10.2. The Morgan fingerprint density at radius 3 is 1.33 bits per heavy atom. The summed E-state index contributed by atoms with van der Waals surface area (Å²) < 4.78 is 0. The van der Waals surface area contributed by atoms with Crippen LogP contribution in [0.15, 0.2) is 60.7 Å². The van der Waals surface area contributed by atoms with Gasteiger partial charge in [0, 0.05) is 6.42 Å². The monoisotopic (exact) mass is 402 g/mol. The van der Waals surface area contributed by atoms with E-state index in [2.05, 4.69) is 67.6 Å². The van der Waals surface area contributed by atoms with Gasteiger partial charge in [0.05, 0.1) is 0 Å². The molecule has 4 rings (SSSR count). The SMILES string of the molecule is CCCCCCCCCCCC(=O)O.c1cc2ccc3cccc4ccc(c1)c2c34. The van der Waals surface area contributed by atoms with E-state index in [9.17, 15) is 4.79 Å². The molecule has 0 amide bonds. The minimum Gasteiger partial charge on any atom is -0.481 e. The van der Waals surface area contributed by atoms with Crippen LogP contribution in [0.25, 0.3) is 32.3 Å². The van der Waals surface area contributed by atoms with Crippen LogP contribution in [0.4, 0.5) is 0 Å². The lowest BCUT2D eigenvalue weighted by Crippen LogP contribution is -1.93. The van der Waals surface area contributed by atoms with Gasteiger partial charge in [-0.3, -0.25) is 4.79 Å². The Balaban J connectivity index is 0.000000174. The van der Waals surface area contributed by atoms with Crippen molar-refractivity contribution in [3.63, 3.8) is 0 Å². The lowest BCUT2D eigenvalue weighted by molar-refractivity contribution is -0.137. The summed E-state index contributed by atoms with van der Waals surface area (Å²) in [4.78, 5) is 10.2. The van der Waals surface area contributed by atoms with Crippen LogP contribution in [-0.4, -0.2) is 11.1 Å². The highest BCUT2D eigenvalue weighted by molar-refractivity contribution is 6.22. The second kappa shape index (κ2) is 11.5. The van der Waals surface area contributed by atoms with Crippen molar-refractivity contribution < 1.29 is 9.90 Å². The van der Waals surface area contributed by atoms with E-state index in [0.717, 1.165) is 12.8 Å². The van der Waals surface area contributed by atoms with Gasteiger partial charge in [-0.05, 0) is 38.7 Å². The fourth-order valence-electron chi connectivity index (χ4n) is 4.26. The van der Waals surface area contributed by atoms with E-state index in [-0.39, 0.29) is 0 Å². The lowest BCUT2D eigenvalue weighted by Gasteiger charge is -2.09. The summed E-state index contributed by atoms with van der Waals surface area (Å²) in [6.07, 6.45) is 11.5. The highest BCUT2D eigenvalue weighted by atomic mass is 16.4. The van der Waals surface area contributed by atoms with Gasteiger partial charge in [-0.15, -0.1) is 0 Å². The second-order valence-corrected chi connectivity index (χ2v) is 8.26. The van der Waals surface area contributed by atoms with E-state index in [1.165, 1.54) is 77.3 Å². The van der Waals surface area contributed by atoms with Crippen molar-refractivity contribution in [2.75, 3.05) is 0 Å². The minimum absolute atomic E-state index is 0.343. The molecule has 0 aliphatic heterocycles. The number of unbranched alkanes of at least 4 members (excludes halogenated alkanes) is 8. The topological polar surface area (TPSA) is 37.3 Å². The van der Waals surface area contributed by atoms with Crippen LogP contribution in [0.1, 0.15) is 71.1 Å². The van der Waals surface area contributed by atoms with Gasteiger partial charge in [-0.25, -0.2) is 0 Å². The normalized spacial score (nSPS) is 11.1. The summed E-state index contributed by atoms with van der Waals surface area (Å²) >= 11 is 0. The van der Waals surface area contributed by atoms with Crippen LogP contribution >= 0.6 is 0 Å². The molecule has 0 spiro atoms. The Hall–Kier alpha value is -2.61. The third-order valence-electron chi connectivity index (χ3n) is 5.89. The highest BCUT2D eigenvalue weighted by Gasteiger charge is 2.06. The third kappa shape index (κ3) is 5.95. The summed E-state index contributed by atoms with van der Waals surface area (Å²) in [5.74, 6) is -0.659. The molecule has 0 heterocycles. The van der Waals surface area contributed by atoms with Crippen molar-refractivity contribution in [3.05, 3.63) is 60.7 Å². The van der Waals surface area contributed by atoms with Crippen LogP contribution in [-0.2, 0) is 4.79 Å². The maximum absolute atomic E-state index is 10.2. The summed E-state index contributed by atoms with van der Waals surface area (Å²) in [5.41, 5.74) is 0. The molecule has 4 aromatic rings. The largest absolute Gasteiger partial charge is 0.481 e. The number of carboxylic acids is 1. The molecule has 0 aliphatic carbocycles. The lowest BCUT2D eigenvalue weighted by atomic mass is 9.95. The molecule has 0 aliphatic rings. The standard InChI is InChI=1S/C16H10.C12H24O2/c1-3-11-7-9-13-5-2-6-14-10-8-12(4-1)15(11)16(13)14;1-2-3-4-5-6-7-8-9-10-11-12(13)14/h1-10H;2-11H2,1H3,(H,13,14). The summed E-state index contributed by atoms with van der Waals surface area (Å²) in [6.45, 7) is 2.23. The fourth-order valence-corrected chi connectivity index (χ4v) is 4.26. The first-order valence-electron chi connectivity index (χ1n) is 11.5. The molecule has 2 heteroatoms. The van der Waals surface area contributed by atoms with Gasteiger partial charge < -0.3 is 5.11 Å². The van der Waals surface area contributed by atoms with Crippen molar-refractivity contribution in [2.24, 2.45) is 0 Å². The van der Waals surface area contributed by atoms with Gasteiger partial charge in [0.1, 0.15) is 0 Å². The Bertz CT molecular complexity index is 921. The Morgan fingerprint density at radius 1 is 0.600 bits per heavy atom. The third-order valence-corrected chi connectivity index (χ3v) is 5.89. The molecule has 0 saturated heterocycles. The molecule has 2 nitrogen and oxygen atoms in total. The van der Waals surface area contributed by atoms with E-state index < -0.39 is 5.97 Å². The summed E-state index contributed by atoms with van der Waals surface area (Å²) in [5, 5.41) is 16.6. The molecule has 1 N–H and O–H groups in total. The number of carbonyl (C=O) groups is 1. The first-order valence-corrected chi connectivity index (χ1v) is 11.5. The predicted octanol–water partition coefficient (Wildman–Crippen LogP) is 8.58. The highest BCUT2D eigenvalue weighted by Crippen LogP contribution is 2.33. The summed E-state index contributed by atoms with van der Waals surface area (Å²) in [6, 6.07) is 21.9. The van der Waals surface area contributed by atoms with Crippen molar-refractivity contribution in [1.29, 1.82) is 0 Å².